The zero-order chi connectivity index (χ0) is 19.2. The van der Waals surface area contributed by atoms with Gasteiger partial charge in [0.05, 0.1) is 17.5 Å². The number of aryl methyl sites for hydroxylation is 1. The molecule has 0 spiro atoms. The van der Waals surface area contributed by atoms with E-state index in [4.69, 9.17) is 11.6 Å². The van der Waals surface area contributed by atoms with Gasteiger partial charge in [-0.3, -0.25) is 0 Å². The summed E-state index contributed by atoms with van der Waals surface area (Å²) >= 11 is 6.70. The zero-order valence-corrected chi connectivity index (χ0v) is 17.3. The second-order valence-electron chi connectivity index (χ2n) is 7.64. The molecule has 0 aromatic heterocycles. The van der Waals surface area contributed by atoms with Gasteiger partial charge in [0.15, 0.2) is 0 Å². The maximum absolute atomic E-state index is 10.4. The number of aliphatic hydroxyl groups is 1. The fourth-order valence-corrected chi connectivity index (χ4v) is 4.41. The summed E-state index contributed by atoms with van der Waals surface area (Å²) in [6.45, 7) is 5.33. The van der Waals surface area contributed by atoms with E-state index in [-0.39, 0.29) is 17.5 Å². The summed E-state index contributed by atoms with van der Waals surface area (Å²) in [5, 5.41) is 10.5. The van der Waals surface area contributed by atoms with Crippen molar-refractivity contribution in [3.63, 3.8) is 0 Å². The van der Waals surface area contributed by atoms with Crippen molar-refractivity contribution in [2.24, 2.45) is 0 Å². The van der Waals surface area contributed by atoms with Gasteiger partial charge in [0.25, 0.3) is 0 Å². The molecule has 1 aliphatic rings. The fraction of sp³-hybridized carbons (Fsp3) is 0.500. The summed E-state index contributed by atoms with van der Waals surface area (Å²) in [7, 11) is 0. The van der Waals surface area contributed by atoms with E-state index in [1.165, 1.54) is 29.7 Å². The van der Waals surface area contributed by atoms with Gasteiger partial charge < -0.3 is 10.0 Å². The number of hydrogen-bond acceptors (Lipinski definition) is 2. The smallest absolute Gasteiger partial charge is 0.0790 e. The highest BCUT2D eigenvalue weighted by atomic mass is 35.5. The van der Waals surface area contributed by atoms with Crippen LogP contribution in [0.2, 0.25) is 0 Å². The molecule has 146 valence electrons. The largest absolute Gasteiger partial charge is 0.388 e. The zero-order valence-electron chi connectivity index (χ0n) is 16.6. The topological polar surface area (TPSA) is 23.5 Å². The number of unbranched alkanes of at least 4 members (excludes halogenated alkanes) is 2. The summed E-state index contributed by atoms with van der Waals surface area (Å²) < 4.78 is 0. The van der Waals surface area contributed by atoms with Crippen LogP contribution in [0.25, 0.3) is 0 Å². The molecule has 1 fully saturated rings. The first-order chi connectivity index (χ1) is 13.1. The highest BCUT2D eigenvalue weighted by molar-refractivity contribution is 6.21. The van der Waals surface area contributed by atoms with E-state index < -0.39 is 0 Å². The number of benzene rings is 2. The summed E-state index contributed by atoms with van der Waals surface area (Å²) in [4.78, 5) is 2.41. The highest BCUT2D eigenvalue weighted by Gasteiger charge is 2.34. The van der Waals surface area contributed by atoms with Crippen molar-refractivity contribution in [2.75, 3.05) is 11.4 Å². The third kappa shape index (κ3) is 4.86. The second kappa shape index (κ2) is 9.61. The van der Waals surface area contributed by atoms with Crippen molar-refractivity contribution in [2.45, 2.75) is 69.9 Å². The predicted molar refractivity (Wildman–Crippen MR) is 116 cm³/mol. The molecule has 2 nitrogen and oxygen atoms in total. The number of halogens is 1. The normalized spacial score (nSPS) is 20.8. The predicted octanol–water partition coefficient (Wildman–Crippen LogP) is 6.42. The number of alkyl halides is 1. The Morgan fingerprint density at radius 3 is 2.37 bits per heavy atom. The molecular weight excluding hydrogens is 354 g/mol. The first kappa shape index (κ1) is 20.2. The van der Waals surface area contributed by atoms with E-state index in [0.717, 1.165) is 37.8 Å². The van der Waals surface area contributed by atoms with Crippen LogP contribution in [0.3, 0.4) is 0 Å². The molecule has 2 aromatic rings. The lowest BCUT2D eigenvalue weighted by atomic mass is 10.0. The molecule has 27 heavy (non-hydrogen) atoms. The van der Waals surface area contributed by atoms with Crippen LogP contribution >= 0.6 is 11.6 Å². The van der Waals surface area contributed by atoms with Crippen molar-refractivity contribution in [1.82, 2.24) is 0 Å². The summed E-state index contributed by atoms with van der Waals surface area (Å²) in [6, 6.07) is 17.5. The maximum atomic E-state index is 10.4. The van der Waals surface area contributed by atoms with E-state index >= 15 is 0 Å². The molecule has 3 atom stereocenters. The molecule has 0 bridgehead atoms. The van der Waals surface area contributed by atoms with Crippen LogP contribution in [0, 0.1) is 0 Å². The van der Waals surface area contributed by atoms with E-state index in [9.17, 15) is 5.11 Å². The van der Waals surface area contributed by atoms with Crippen LogP contribution in [0.5, 0.6) is 0 Å². The molecule has 1 heterocycles. The Labute approximate surface area is 169 Å². The first-order valence-electron chi connectivity index (χ1n) is 10.4. The molecule has 3 rings (SSSR count). The van der Waals surface area contributed by atoms with Crippen molar-refractivity contribution < 1.29 is 5.11 Å². The SMILES string of the molecule is CCCCCC(O)c1ccc(N2CCC(Cl)C2c2ccc(CC)cc2)cc1. The van der Waals surface area contributed by atoms with Gasteiger partial charge in [-0.1, -0.05) is 69.5 Å². The van der Waals surface area contributed by atoms with Gasteiger partial charge in [-0.15, -0.1) is 11.6 Å². The van der Waals surface area contributed by atoms with Gasteiger partial charge in [0.1, 0.15) is 0 Å². The van der Waals surface area contributed by atoms with Gasteiger partial charge >= 0.3 is 0 Å². The minimum absolute atomic E-state index is 0.122. The van der Waals surface area contributed by atoms with Crippen molar-refractivity contribution in [1.29, 1.82) is 0 Å². The lowest BCUT2D eigenvalue weighted by Gasteiger charge is -2.29. The number of aliphatic hydroxyl groups excluding tert-OH is 1. The Morgan fingerprint density at radius 2 is 1.74 bits per heavy atom. The quantitative estimate of drug-likeness (QED) is 0.418. The van der Waals surface area contributed by atoms with Gasteiger partial charge in [-0.2, -0.15) is 0 Å². The molecule has 2 aromatic carbocycles. The van der Waals surface area contributed by atoms with Crippen LogP contribution in [0.15, 0.2) is 48.5 Å². The molecule has 0 aliphatic carbocycles. The van der Waals surface area contributed by atoms with Crippen LogP contribution in [-0.4, -0.2) is 17.0 Å². The van der Waals surface area contributed by atoms with E-state index in [1.807, 2.05) is 0 Å². The van der Waals surface area contributed by atoms with Crippen molar-refractivity contribution >= 4 is 17.3 Å². The van der Waals surface area contributed by atoms with Gasteiger partial charge in [0.2, 0.25) is 0 Å². The summed E-state index contributed by atoms with van der Waals surface area (Å²) in [5.41, 5.74) is 4.84. The minimum atomic E-state index is -0.359. The Balaban J connectivity index is 1.73. The molecule has 0 amide bonds. The number of anilines is 1. The number of hydrogen-bond donors (Lipinski definition) is 1. The van der Waals surface area contributed by atoms with Gasteiger partial charge in [0, 0.05) is 12.2 Å². The van der Waals surface area contributed by atoms with Crippen LogP contribution in [-0.2, 0) is 6.42 Å². The van der Waals surface area contributed by atoms with E-state index in [1.54, 1.807) is 0 Å². The molecule has 1 saturated heterocycles. The fourth-order valence-electron chi connectivity index (χ4n) is 4.03. The number of rotatable bonds is 8. The third-order valence-corrected chi connectivity index (χ3v) is 6.20. The average Bonchev–Trinajstić information content (AvgIpc) is 3.09. The number of nitrogens with zero attached hydrogens (tertiary/aromatic N) is 1. The van der Waals surface area contributed by atoms with E-state index in [2.05, 4.69) is 67.3 Å². The molecule has 3 heteroatoms. The lowest BCUT2D eigenvalue weighted by molar-refractivity contribution is 0.163. The standard InChI is InChI=1S/C24H32ClNO/c1-3-5-6-7-23(27)19-12-14-21(15-13-19)26-17-16-22(25)24(26)20-10-8-18(4-2)9-11-20/h8-15,22-24,27H,3-7,16-17H2,1-2H3. The molecule has 1 N–H and O–H groups in total. The highest BCUT2D eigenvalue weighted by Crippen LogP contribution is 2.39. The minimum Gasteiger partial charge on any atom is -0.388 e. The van der Waals surface area contributed by atoms with Crippen molar-refractivity contribution in [3.8, 4) is 0 Å². The maximum Gasteiger partial charge on any atom is 0.0790 e. The molecular formula is C24H32ClNO. The summed E-state index contributed by atoms with van der Waals surface area (Å²) in [6.07, 6.45) is 5.97. The Kier molecular flexibility index (Phi) is 7.20. The van der Waals surface area contributed by atoms with Crippen LogP contribution in [0.1, 0.15) is 74.8 Å². The van der Waals surface area contributed by atoms with Gasteiger partial charge in [-0.05, 0) is 48.1 Å². The van der Waals surface area contributed by atoms with Crippen molar-refractivity contribution in [3.05, 3.63) is 65.2 Å². The van der Waals surface area contributed by atoms with Crippen LogP contribution < -0.4 is 4.90 Å². The van der Waals surface area contributed by atoms with E-state index in [0.29, 0.717) is 0 Å². The van der Waals surface area contributed by atoms with Crippen LogP contribution in [0.4, 0.5) is 5.69 Å². The molecule has 3 unspecified atom stereocenters. The average molecular weight is 386 g/mol. The third-order valence-electron chi connectivity index (χ3n) is 5.74. The van der Waals surface area contributed by atoms with Gasteiger partial charge in [-0.25, -0.2) is 0 Å². The Hall–Kier alpha value is -1.51. The summed E-state index contributed by atoms with van der Waals surface area (Å²) in [5.74, 6) is 0. The Bertz CT molecular complexity index is 697. The molecule has 1 aliphatic heterocycles. The Morgan fingerprint density at radius 1 is 1.04 bits per heavy atom. The monoisotopic (exact) mass is 385 g/mol. The molecule has 0 saturated carbocycles. The lowest BCUT2D eigenvalue weighted by Crippen LogP contribution is -2.25. The first-order valence-corrected chi connectivity index (χ1v) is 10.8. The second-order valence-corrected chi connectivity index (χ2v) is 8.20. The molecule has 0 radical (unpaired) electrons.